The van der Waals surface area contributed by atoms with E-state index < -0.39 is 0 Å². The van der Waals surface area contributed by atoms with Crippen LogP contribution in [0, 0.1) is 0 Å². The van der Waals surface area contributed by atoms with Crippen LogP contribution in [0.2, 0.25) is 0 Å². The van der Waals surface area contributed by atoms with Crippen LogP contribution in [0.1, 0.15) is 304 Å². The normalized spacial score (nSPS) is 13.2. The Kier molecular flexibility index (Phi) is 29.0. The minimum absolute atomic E-state index is 0.152. The van der Waals surface area contributed by atoms with Crippen LogP contribution in [0.4, 0.5) is 0 Å². The zero-order valence-electron chi connectivity index (χ0n) is 70.9. The van der Waals surface area contributed by atoms with Crippen molar-refractivity contribution in [2.75, 3.05) is 0 Å². The summed E-state index contributed by atoms with van der Waals surface area (Å²) in [5.74, 6) is 0. The van der Waals surface area contributed by atoms with Gasteiger partial charge in [-0.3, -0.25) is 0 Å². The molecule has 3 aromatic heterocycles. The molecule has 2 aliphatic rings. The predicted octanol–water partition coefficient (Wildman–Crippen LogP) is 34.1. The van der Waals surface area contributed by atoms with Gasteiger partial charge in [0.25, 0.3) is 0 Å². The molecule has 4 nitrogen and oxygen atoms in total. The van der Waals surface area contributed by atoms with Gasteiger partial charge in [-0.05, 0) is 199 Å². The molecule has 0 fully saturated rings. The second-order valence-corrected chi connectivity index (χ2v) is 35.0. The Labute approximate surface area is 705 Å². The van der Waals surface area contributed by atoms with Crippen LogP contribution in [0.5, 0.6) is 0 Å². The first-order valence-electron chi connectivity index (χ1n) is 46.1. The van der Waals surface area contributed by atoms with Crippen LogP contribution in [-0.2, 0) is 10.8 Å². The second kappa shape index (κ2) is 41.1. The summed E-state index contributed by atoms with van der Waals surface area (Å²) < 4.78 is 10.2. The maximum atomic E-state index is 5.34. The molecular formula is C112H126N4S. The molecule has 0 unspecified atom stereocenters. The van der Waals surface area contributed by atoms with Crippen LogP contribution in [0.25, 0.3) is 135 Å². The van der Waals surface area contributed by atoms with Gasteiger partial charge in [0.15, 0.2) is 0 Å². The van der Waals surface area contributed by atoms with Gasteiger partial charge < -0.3 is 0 Å². The van der Waals surface area contributed by atoms with Crippen LogP contribution >= 0.6 is 11.7 Å². The number of hydrogen-bond acceptors (Lipinski definition) is 5. The van der Waals surface area contributed by atoms with Gasteiger partial charge in [-0.25, -0.2) is 9.97 Å². The van der Waals surface area contributed by atoms with Gasteiger partial charge in [-0.15, -0.1) is 0 Å². The SMILES string of the molecule is CCCCCCCCCCC1(CCCCCCCCCC)c2cc(-c3ccccc3)ccc2-c2ccc(-c3cc(/C=C/c4ccc5ccccc5n4)c(-c4ccc5c(c4)C(CCCCCCCCCC)(CCCCCCCCCC)c4cc(-c6ccc(-c7ccccc7)c7nsnc67)ccc4-5)cc3/C=C/c3ccc4ccccc4n3)cc21. The molecule has 0 aliphatic heterocycles. The largest absolute Gasteiger partial charge is 0.248 e. The van der Waals surface area contributed by atoms with E-state index in [1.807, 2.05) is 0 Å². The van der Waals surface area contributed by atoms with E-state index in [4.69, 9.17) is 18.7 Å². The third-order valence-electron chi connectivity index (χ3n) is 26.4. The molecule has 0 radical (unpaired) electrons. The number of nitrogens with zero attached hydrogens (tertiary/aromatic N) is 4. The fourth-order valence-electron chi connectivity index (χ4n) is 19.9. The number of para-hydroxylation sites is 2. The van der Waals surface area contributed by atoms with Crippen LogP contribution in [-0.4, -0.2) is 18.7 Å². The van der Waals surface area contributed by atoms with Crippen molar-refractivity contribution in [3.8, 4) is 77.9 Å². The van der Waals surface area contributed by atoms with Crippen LogP contribution in [0.15, 0.2) is 231 Å². The zero-order chi connectivity index (χ0) is 79.9. The molecule has 600 valence electrons. The molecule has 10 aromatic carbocycles. The molecule has 2 aliphatic carbocycles. The van der Waals surface area contributed by atoms with E-state index in [1.54, 1.807) is 0 Å². The van der Waals surface area contributed by atoms with Crippen molar-refractivity contribution in [3.05, 3.63) is 275 Å². The van der Waals surface area contributed by atoms with Gasteiger partial charge in [0, 0.05) is 32.7 Å². The second-order valence-electron chi connectivity index (χ2n) is 34.5. The molecule has 0 N–H and O–H groups in total. The van der Waals surface area contributed by atoms with Crippen molar-refractivity contribution in [3.63, 3.8) is 0 Å². The van der Waals surface area contributed by atoms with E-state index in [1.165, 1.54) is 317 Å². The quantitative estimate of drug-likeness (QED) is 0.0357. The Bertz CT molecular complexity index is 5420. The number of rotatable bonds is 45. The lowest BCUT2D eigenvalue weighted by molar-refractivity contribution is 0.397. The molecule has 3 heterocycles. The van der Waals surface area contributed by atoms with E-state index in [-0.39, 0.29) is 10.8 Å². The molecule has 13 aromatic rings. The third kappa shape index (κ3) is 19.5. The molecule has 0 saturated carbocycles. The summed E-state index contributed by atoms with van der Waals surface area (Å²) in [6.07, 6.45) is 55.3. The molecule has 0 spiro atoms. The van der Waals surface area contributed by atoms with E-state index in [0.717, 1.165) is 81.0 Å². The van der Waals surface area contributed by atoms with Gasteiger partial charge in [-0.1, -0.05) is 415 Å². The Morgan fingerprint density at radius 2 is 0.538 bits per heavy atom. The highest BCUT2D eigenvalue weighted by atomic mass is 32.1. The Morgan fingerprint density at radius 1 is 0.239 bits per heavy atom. The third-order valence-corrected chi connectivity index (χ3v) is 26.9. The topological polar surface area (TPSA) is 51.6 Å². The van der Waals surface area contributed by atoms with Crippen molar-refractivity contribution in [2.24, 2.45) is 0 Å². The molecule has 0 atom stereocenters. The lowest BCUT2D eigenvalue weighted by Crippen LogP contribution is -2.25. The lowest BCUT2D eigenvalue weighted by Gasteiger charge is -2.34. The van der Waals surface area contributed by atoms with Gasteiger partial charge in [0.05, 0.1) is 34.1 Å². The summed E-state index contributed by atoms with van der Waals surface area (Å²) in [6, 6.07) is 88.2. The Morgan fingerprint density at radius 3 is 0.915 bits per heavy atom. The summed E-state index contributed by atoms with van der Waals surface area (Å²) in [4.78, 5) is 10.7. The van der Waals surface area contributed by atoms with Gasteiger partial charge in [0.2, 0.25) is 0 Å². The van der Waals surface area contributed by atoms with E-state index >= 15 is 0 Å². The summed E-state index contributed by atoms with van der Waals surface area (Å²) in [5.41, 5.74) is 31.7. The van der Waals surface area contributed by atoms with Gasteiger partial charge >= 0.3 is 0 Å². The van der Waals surface area contributed by atoms with Crippen LogP contribution < -0.4 is 0 Å². The van der Waals surface area contributed by atoms with Crippen molar-refractivity contribution < 1.29 is 0 Å². The highest BCUT2D eigenvalue weighted by molar-refractivity contribution is 7.00. The molecular weight excluding hydrogens is 1430 g/mol. The number of pyridine rings is 2. The maximum absolute atomic E-state index is 5.34. The maximum Gasteiger partial charge on any atom is 0.113 e. The van der Waals surface area contributed by atoms with Gasteiger partial charge in [0.1, 0.15) is 11.0 Å². The van der Waals surface area contributed by atoms with Crippen molar-refractivity contribution in [2.45, 2.75) is 270 Å². The molecule has 117 heavy (non-hydrogen) atoms. The number of benzene rings is 10. The number of fused-ring (bicyclic) bond motifs is 9. The fourth-order valence-corrected chi connectivity index (χ4v) is 20.5. The summed E-state index contributed by atoms with van der Waals surface area (Å²) in [5, 5.41) is 2.29. The van der Waals surface area contributed by atoms with Crippen molar-refractivity contribution in [1.29, 1.82) is 0 Å². The smallest absolute Gasteiger partial charge is 0.113 e. The van der Waals surface area contributed by atoms with Crippen LogP contribution in [0.3, 0.4) is 0 Å². The van der Waals surface area contributed by atoms with Crippen molar-refractivity contribution >= 4 is 68.9 Å². The van der Waals surface area contributed by atoms with Crippen molar-refractivity contribution in [1.82, 2.24) is 18.7 Å². The molecule has 0 saturated heterocycles. The summed E-state index contributed by atoms with van der Waals surface area (Å²) >= 11 is 1.33. The average Bonchev–Trinajstić information content (AvgIpc) is 1.57. The van der Waals surface area contributed by atoms with E-state index in [9.17, 15) is 0 Å². The molecule has 0 amide bonds. The first-order chi connectivity index (χ1) is 57.9. The first-order valence-corrected chi connectivity index (χ1v) is 46.8. The highest BCUT2D eigenvalue weighted by Gasteiger charge is 2.45. The summed E-state index contributed by atoms with van der Waals surface area (Å²) in [7, 11) is 0. The average molecular weight is 1560 g/mol. The molecule has 5 heteroatoms. The number of aromatic nitrogens is 4. The lowest BCUT2D eigenvalue weighted by atomic mass is 9.69. The Hall–Kier alpha value is -9.68. The first kappa shape index (κ1) is 82.4. The highest BCUT2D eigenvalue weighted by Crippen LogP contribution is 2.59. The van der Waals surface area contributed by atoms with E-state index in [0.29, 0.717) is 0 Å². The standard InChI is InChI=1S/C112H126N4S/c1-5-9-13-17-21-25-29-43-73-111(74-44-30-26-22-18-14-10-6-2)103-79-87(83-47-35-33-36-48-83)59-67-97(103)99-69-61-91(81-105(99)111)101-77-89(58-66-94-64-56-86-52-40-42-54-108(86)114-94)102(78-88(101)57-65-93-63-55-85-51-39-41-53-107(85)113-93)92-62-70-100-98-68-60-90(96-72-71-95(84-49-37-34-38-50-84)109-110(96)116-117-115-109)80-104(98)112(106(100)82-92,75-45-31-27-23-19-15-11-7-3)76-46-32-28-24-20-16-12-8-4/h33-42,47-72,77-82H,5-32,43-46,73-76H2,1-4H3/b65-57+,66-58+. The minimum atomic E-state index is -0.223. The predicted molar refractivity (Wildman–Crippen MR) is 507 cm³/mol. The van der Waals surface area contributed by atoms with E-state index in [2.05, 4.69) is 283 Å². The monoisotopic (exact) mass is 1560 g/mol. The zero-order valence-corrected chi connectivity index (χ0v) is 71.7. The summed E-state index contributed by atoms with van der Waals surface area (Å²) in [6.45, 7) is 9.34. The number of unbranched alkanes of at least 4 members (excludes halogenated alkanes) is 28. The Balaban J connectivity index is 0.908. The molecule has 0 bridgehead atoms. The fraction of sp³-hybridized carbons (Fsp3) is 0.375. The van der Waals surface area contributed by atoms with Gasteiger partial charge in [-0.2, -0.15) is 8.75 Å². The number of hydrogen-bond donors (Lipinski definition) is 0. The minimum Gasteiger partial charge on any atom is -0.248 e. The molecule has 15 rings (SSSR count).